The molecule has 0 unspecified atom stereocenters. The third-order valence-electron chi connectivity index (χ3n) is 8.58. The normalized spacial score (nSPS) is 15.0. The number of amides is 1. The van der Waals surface area contributed by atoms with E-state index in [2.05, 4.69) is 45.7 Å². The minimum Gasteiger partial charge on any atom is -0.350 e. The lowest BCUT2D eigenvalue weighted by Gasteiger charge is -2.21. The van der Waals surface area contributed by atoms with Gasteiger partial charge in [0.15, 0.2) is 0 Å². The molecule has 0 aliphatic carbocycles. The molecule has 1 aliphatic heterocycles. The Hall–Kier alpha value is -4.43. The standard InChI is InChI=1S/C36H32Cl2N6O/c1-42(2)28-16-18-43(22-28)36(45)33-31(29-15-14-27(38)19-30(29)40-33)34-32(24-7-4-3-5-8-24)41-35(25-9-6-17-39-20-25)44(34)21-23-10-12-26(37)13-11-23/h3-15,17,19-20,28,40H,16,18,21-22H2,1-2H3/t28-/m0/s1. The van der Waals surface area contributed by atoms with Crippen molar-refractivity contribution >= 4 is 40.0 Å². The maximum absolute atomic E-state index is 14.5. The summed E-state index contributed by atoms with van der Waals surface area (Å²) in [6.07, 6.45) is 4.51. The van der Waals surface area contributed by atoms with Crippen molar-refractivity contribution in [3.05, 3.63) is 119 Å². The smallest absolute Gasteiger partial charge is 0.271 e. The number of hydrogen-bond donors (Lipinski definition) is 1. The van der Waals surface area contributed by atoms with E-state index in [1.807, 2.05) is 83.9 Å². The van der Waals surface area contributed by atoms with Crippen molar-refractivity contribution in [3.63, 3.8) is 0 Å². The number of pyridine rings is 1. The maximum atomic E-state index is 14.5. The van der Waals surface area contributed by atoms with Gasteiger partial charge in [-0.25, -0.2) is 4.98 Å². The molecular weight excluding hydrogens is 603 g/mol. The highest BCUT2D eigenvalue weighted by molar-refractivity contribution is 6.31. The van der Waals surface area contributed by atoms with Gasteiger partial charge >= 0.3 is 0 Å². The molecule has 7 rings (SSSR count). The quantitative estimate of drug-likeness (QED) is 0.194. The lowest BCUT2D eigenvalue weighted by molar-refractivity contribution is 0.0779. The Morgan fingerprint density at radius 1 is 0.956 bits per heavy atom. The van der Waals surface area contributed by atoms with E-state index in [4.69, 9.17) is 28.2 Å². The second kappa shape index (κ2) is 12.2. The number of likely N-dealkylation sites (tertiary alicyclic amines) is 1. The van der Waals surface area contributed by atoms with Crippen LogP contribution in [0.1, 0.15) is 22.5 Å². The lowest BCUT2D eigenvalue weighted by Crippen LogP contribution is -2.34. The third-order valence-corrected chi connectivity index (χ3v) is 9.07. The van der Waals surface area contributed by atoms with Gasteiger partial charge < -0.3 is 19.4 Å². The van der Waals surface area contributed by atoms with E-state index in [1.165, 1.54) is 0 Å². The van der Waals surface area contributed by atoms with E-state index in [0.29, 0.717) is 41.4 Å². The molecule has 1 amide bonds. The van der Waals surface area contributed by atoms with E-state index in [-0.39, 0.29) is 5.91 Å². The molecule has 3 aromatic heterocycles. The number of carbonyl (C=O) groups excluding carboxylic acids is 1. The molecule has 0 radical (unpaired) electrons. The Bertz CT molecular complexity index is 1980. The Kier molecular flexibility index (Phi) is 7.92. The number of imidazole rings is 1. The molecule has 9 heteroatoms. The number of hydrogen-bond acceptors (Lipinski definition) is 4. The van der Waals surface area contributed by atoms with E-state index in [9.17, 15) is 4.79 Å². The zero-order valence-corrected chi connectivity index (χ0v) is 26.6. The van der Waals surface area contributed by atoms with Crippen LogP contribution in [0.5, 0.6) is 0 Å². The molecule has 0 spiro atoms. The fourth-order valence-electron chi connectivity index (χ4n) is 6.23. The van der Waals surface area contributed by atoms with Gasteiger partial charge in [-0.15, -0.1) is 0 Å². The van der Waals surface area contributed by atoms with Crippen LogP contribution in [0.4, 0.5) is 0 Å². The number of fused-ring (bicyclic) bond motifs is 1. The van der Waals surface area contributed by atoms with E-state index in [1.54, 1.807) is 6.20 Å². The number of nitrogens with zero attached hydrogens (tertiary/aromatic N) is 5. The van der Waals surface area contributed by atoms with Gasteiger partial charge in [-0.1, -0.05) is 71.7 Å². The van der Waals surface area contributed by atoms with Crippen molar-refractivity contribution < 1.29 is 4.79 Å². The first-order valence-electron chi connectivity index (χ1n) is 15.0. The lowest BCUT2D eigenvalue weighted by atomic mass is 10.0. The summed E-state index contributed by atoms with van der Waals surface area (Å²) in [4.78, 5) is 31.8. The number of H-pyrrole nitrogens is 1. The number of likely N-dealkylation sites (N-methyl/N-ethyl adjacent to an activating group) is 1. The molecule has 1 saturated heterocycles. The van der Waals surface area contributed by atoms with Crippen molar-refractivity contribution in [2.75, 3.05) is 27.2 Å². The number of aromatic amines is 1. The SMILES string of the molecule is CN(C)[C@H]1CCN(C(=O)c2[nH]c3cc(Cl)ccc3c2-c2c(-c3ccccc3)nc(-c3cccnc3)n2Cc2ccc(Cl)cc2)C1. The average Bonchev–Trinajstić information content (AvgIpc) is 3.78. The molecule has 1 fully saturated rings. The van der Waals surface area contributed by atoms with Gasteiger partial charge in [0.1, 0.15) is 11.5 Å². The van der Waals surface area contributed by atoms with Crippen molar-refractivity contribution in [1.82, 2.24) is 29.3 Å². The molecule has 226 valence electrons. The molecule has 3 aromatic carbocycles. The first kappa shape index (κ1) is 29.3. The average molecular weight is 636 g/mol. The minimum absolute atomic E-state index is 0.0390. The van der Waals surface area contributed by atoms with Crippen LogP contribution in [0.2, 0.25) is 10.0 Å². The van der Waals surface area contributed by atoms with Gasteiger partial charge in [-0.2, -0.15) is 0 Å². The topological polar surface area (TPSA) is 70.1 Å². The summed E-state index contributed by atoms with van der Waals surface area (Å²) in [6.45, 7) is 1.85. The first-order chi connectivity index (χ1) is 21.9. The number of benzene rings is 3. The van der Waals surface area contributed by atoms with Gasteiger partial charge in [0.2, 0.25) is 0 Å². The van der Waals surface area contributed by atoms with Crippen molar-refractivity contribution in [2.24, 2.45) is 0 Å². The van der Waals surface area contributed by atoms with Gasteiger partial charge in [0, 0.05) is 75.7 Å². The first-order valence-corrected chi connectivity index (χ1v) is 15.7. The number of carbonyl (C=O) groups is 1. The van der Waals surface area contributed by atoms with E-state index in [0.717, 1.165) is 56.8 Å². The molecule has 1 aliphatic rings. The van der Waals surface area contributed by atoms with Gasteiger partial charge in [0.25, 0.3) is 5.91 Å². The minimum atomic E-state index is -0.0390. The molecule has 0 saturated carbocycles. The number of rotatable bonds is 7. The number of nitrogens with one attached hydrogen (secondary N) is 1. The molecule has 4 heterocycles. The third kappa shape index (κ3) is 5.63. The Labute approximate surface area is 272 Å². The van der Waals surface area contributed by atoms with Gasteiger partial charge in [-0.05, 0) is 62.5 Å². The van der Waals surface area contributed by atoms with Crippen LogP contribution < -0.4 is 0 Å². The van der Waals surface area contributed by atoms with Gasteiger partial charge in [0.05, 0.1) is 11.4 Å². The largest absolute Gasteiger partial charge is 0.350 e. The molecule has 7 nitrogen and oxygen atoms in total. The van der Waals surface area contributed by atoms with E-state index < -0.39 is 0 Å². The van der Waals surface area contributed by atoms with Crippen LogP contribution in [0, 0.1) is 0 Å². The van der Waals surface area contributed by atoms with Crippen molar-refractivity contribution in [3.8, 4) is 33.9 Å². The van der Waals surface area contributed by atoms with Crippen LogP contribution >= 0.6 is 23.2 Å². The van der Waals surface area contributed by atoms with E-state index >= 15 is 0 Å². The summed E-state index contributed by atoms with van der Waals surface area (Å²) >= 11 is 12.8. The zero-order chi connectivity index (χ0) is 31.1. The van der Waals surface area contributed by atoms with Crippen molar-refractivity contribution in [1.29, 1.82) is 0 Å². The molecule has 0 bridgehead atoms. The Balaban J connectivity index is 1.52. The monoisotopic (exact) mass is 634 g/mol. The van der Waals surface area contributed by atoms with Gasteiger partial charge in [-0.3, -0.25) is 9.78 Å². The number of aromatic nitrogens is 4. The Morgan fingerprint density at radius 3 is 2.42 bits per heavy atom. The fraction of sp³-hybridized carbons (Fsp3) is 0.194. The molecule has 6 aromatic rings. The van der Waals surface area contributed by atoms with Crippen LogP contribution in [0.3, 0.4) is 0 Å². The predicted molar refractivity (Wildman–Crippen MR) is 182 cm³/mol. The van der Waals surface area contributed by atoms with Crippen LogP contribution in [-0.2, 0) is 6.54 Å². The number of halogens is 2. The Morgan fingerprint density at radius 2 is 1.71 bits per heavy atom. The highest BCUT2D eigenvalue weighted by Gasteiger charge is 2.33. The molecule has 1 atom stereocenters. The zero-order valence-electron chi connectivity index (χ0n) is 25.0. The van der Waals surface area contributed by atoms with Crippen LogP contribution in [0.25, 0.3) is 44.8 Å². The summed E-state index contributed by atoms with van der Waals surface area (Å²) in [7, 11) is 4.13. The summed E-state index contributed by atoms with van der Waals surface area (Å²) in [6, 6.07) is 27.9. The summed E-state index contributed by atoms with van der Waals surface area (Å²) in [5, 5.41) is 2.17. The summed E-state index contributed by atoms with van der Waals surface area (Å²) in [5.41, 5.74) is 6.62. The predicted octanol–water partition coefficient (Wildman–Crippen LogP) is 7.89. The molecular formula is C36H32Cl2N6O. The highest BCUT2D eigenvalue weighted by Crippen LogP contribution is 2.43. The summed E-state index contributed by atoms with van der Waals surface area (Å²) in [5.74, 6) is 0.713. The second-order valence-corrected chi connectivity index (χ2v) is 12.5. The van der Waals surface area contributed by atoms with Crippen LogP contribution in [-0.4, -0.2) is 68.5 Å². The highest BCUT2D eigenvalue weighted by atomic mass is 35.5. The van der Waals surface area contributed by atoms with Crippen molar-refractivity contribution in [2.45, 2.75) is 19.0 Å². The molecule has 45 heavy (non-hydrogen) atoms. The second-order valence-electron chi connectivity index (χ2n) is 11.7. The van der Waals surface area contributed by atoms with Crippen LogP contribution in [0.15, 0.2) is 97.3 Å². The molecule has 1 N–H and O–H groups in total. The fourth-order valence-corrected chi connectivity index (χ4v) is 6.53. The summed E-state index contributed by atoms with van der Waals surface area (Å²) < 4.78 is 2.20. The maximum Gasteiger partial charge on any atom is 0.271 e.